The zero-order valence-corrected chi connectivity index (χ0v) is 19.5. The normalized spacial score (nSPS) is 18.6. The molecule has 2 aromatic carbocycles. The number of piperidine rings is 1. The maximum atomic E-state index is 13.2. The highest BCUT2D eigenvalue weighted by atomic mass is 32.2. The van der Waals surface area contributed by atoms with Crippen molar-refractivity contribution >= 4 is 27.5 Å². The van der Waals surface area contributed by atoms with E-state index in [0.717, 1.165) is 11.1 Å². The Morgan fingerprint density at radius 3 is 2.68 bits per heavy atom. The Morgan fingerprint density at radius 1 is 1.06 bits per heavy atom. The van der Waals surface area contributed by atoms with E-state index in [2.05, 4.69) is 10.6 Å². The van der Waals surface area contributed by atoms with Gasteiger partial charge in [0.25, 0.3) is 0 Å². The van der Waals surface area contributed by atoms with Crippen LogP contribution in [0.15, 0.2) is 41.3 Å². The van der Waals surface area contributed by atoms with Gasteiger partial charge in [-0.2, -0.15) is 4.31 Å². The van der Waals surface area contributed by atoms with E-state index >= 15 is 0 Å². The van der Waals surface area contributed by atoms with E-state index in [-0.39, 0.29) is 42.5 Å². The Hall–Kier alpha value is -3.11. The van der Waals surface area contributed by atoms with Crippen LogP contribution in [0.4, 0.5) is 5.69 Å². The standard InChI is InChI=1S/C24H27N3O6S/c28-23-3-1-2-18-13-19(5-6-20(18)26-23)34(30,31)27-10-8-17(9-11-27)24(29)25-14-16-4-7-21-22(12-16)33-15-32-21/h4-7,12-13,17H,1-3,8-11,14-15H2,(H,25,29)(H,26,28). The first-order chi connectivity index (χ1) is 16.4. The van der Waals surface area contributed by atoms with Gasteiger partial charge >= 0.3 is 0 Å². The average molecular weight is 486 g/mol. The minimum atomic E-state index is -3.67. The lowest BCUT2D eigenvalue weighted by Gasteiger charge is -2.30. The molecule has 9 nitrogen and oxygen atoms in total. The van der Waals surface area contributed by atoms with Crippen molar-refractivity contribution in [3.05, 3.63) is 47.5 Å². The highest BCUT2D eigenvalue weighted by Crippen LogP contribution is 2.33. The summed E-state index contributed by atoms with van der Waals surface area (Å²) in [5.74, 6) is 1.01. The second kappa shape index (κ2) is 9.27. The number of fused-ring (bicyclic) bond motifs is 2. The molecular formula is C24H27N3O6S. The lowest BCUT2D eigenvalue weighted by atomic mass is 9.97. The number of carbonyl (C=O) groups is 2. The predicted molar refractivity (Wildman–Crippen MR) is 124 cm³/mol. The fourth-order valence-corrected chi connectivity index (χ4v) is 6.12. The van der Waals surface area contributed by atoms with E-state index in [1.165, 1.54) is 4.31 Å². The molecule has 1 fully saturated rings. The van der Waals surface area contributed by atoms with Crippen molar-refractivity contribution in [3.63, 3.8) is 0 Å². The van der Waals surface area contributed by atoms with Gasteiger partial charge in [0.1, 0.15) is 0 Å². The van der Waals surface area contributed by atoms with Crippen molar-refractivity contribution in [2.75, 3.05) is 25.2 Å². The molecule has 0 aliphatic carbocycles. The van der Waals surface area contributed by atoms with Crippen LogP contribution in [0.1, 0.15) is 36.8 Å². The number of anilines is 1. The third-order valence-electron chi connectivity index (χ3n) is 6.57. The number of hydrogen-bond acceptors (Lipinski definition) is 6. The van der Waals surface area contributed by atoms with Gasteiger partial charge in [-0.05, 0) is 67.1 Å². The molecule has 0 unspecified atom stereocenters. The first kappa shape index (κ1) is 22.7. The zero-order valence-electron chi connectivity index (χ0n) is 18.7. The molecule has 3 heterocycles. The third-order valence-corrected chi connectivity index (χ3v) is 8.46. The molecule has 180 valence electrons. The number of ether oxygens (including phenoxy) is 2. The molecular weight excluding hydrogens is 458 g/mol. The molecule has 0 radical (unpaired) electrons. The Balaban J connectivity index is 1.18. The number of nitrogens with zero attached hydrogens (tertiary/aromatic N) is 1. The van der Waals surface area contributed by atoms with Gasteiger partial charge in [0.05, 0.1) is 4.90 Å². The van der Waals surface area contributed by atoms with Gasteiger partial charge in [0.15, 0.2) is 11.5 Å². The Morgan fingerprint density at radius 2 is 1.85 bits per heavy atom. The van der Waals surface area contributed by atoms with Gasteiger partial charge in [-0.3, -0.25) is 9.59 Å². The van der Waals surface area contributed by atoms with Crippen molar-refractivity contribution in [1.82, 2.24) is 9.62 Å². The SMILES string of the molecule is O=C1CCCc2cc(S(=O)(=O)N3CCC(C(=O)NCc4ccc5c(c4)OCO5)CC3)ccc2N1. The quantitative estimate of drug-likeness (QED) is 0.672. The number of sulfonamides is 1. The molecule has 1 saturated heterocycles. The summed E-state index contributed by atoms with van der Waals surface area (Å²) in [6.45, 7) is 1.16. The summed E-state index contributed by atoms with van der Waals surface area (Å²) in [6.07, 6.45) is 2.71. The van der Waals surface area contributed by atoms with Crippen LogP contribution in [0.2, 0.25) is 0 Å². The molecule has 0 atom stereocenters. The predicted octanol–water partition coefficient (Wildman–Crippen LogP) is 2.41. The summed E-state index contributed by atoms with van der Waals surface area (Å²) < 4.78 is 38.6. The topological polar surface area (TPSA) is 114 Å². The van der Waals surface area contributed by atoms with Crippen molar-refractivity contribution in [3.8, 4) is 11.5 Å². The highest BCUT2D eigenvalue weighted by molar-refractivity contribution is 7.89. The Labute approximate surface area is 198 Å². The lowest BCUT2D eigenvalue weighted by molar-refractivity contribution is -0.126. The van der Waals surface area contributed by atoms with E-state index in [0.29, 0.717) is 55.8 Å². The fraction of sp³-hybridized carbons (Fsp3) is 0.417. The first-order valence-electron chi connectivity index (χ1n) is 11.5. The molecule has 0 saturated carbocycles. The van der Waals surface area contributed by atoms with Gasteiger partial charge < -0.3 is 20.1 Å². The molecule has 2 aromatic rings. The van der Waals surface area contributed by atoms with E-state index < -0.39 is 10.0 Å². The molecule has 10 heteroatoms. The highest BCUT2D eigenvalue weighted by Gasteiger charge is 2.32. The molecule has 0 spiro atoms. The van der Waals surface area contributed by atoms with Crippen molar-refractivity contribution in [1.29, 1.82) is 0 Å². The number of aryl methyl sites for hydroxylation is 1. The molecule has 3 aliphatic heterocycles. The second-order valence-corrected chi connectivity index (χ2v) is 10.7. The second-order valence-electron chi connectivity index (χ2n) is 8.80. The van der Waals surface area contributed by atoms with E-state index in [1.807, 2.05) is 18.2 Å². The fourth-order valence-electron chi connectivity index (χ4n) is 4.60. The number of carbonyl (C=O) groups excluding carboxylic acids is 2. The number of benzene rings is 2. The number of hydrogen-bond donors (Lipinski definition) is 2. The Bertz CT molecular complexity index is 1220. The van der Waals surface area contributed by atoms with Crippen LogP contribution < -0.4 is 20.1 Å². The minimum Gasteiger partial charge on any atom is -0.454 e. The molecule has 34 heavy (non-hydrogen) atoms. The Kier molecular flexibility index (Phi) is 6.18. The van der Waals surface area contributed by atoms with E-state index in [9.17, 15) is 18.0 Å². The molecule has 0 aromatic heterocycles. The van der Waals surface area contributed by atoms with Crippen molar-refractivity contribution in [2.24, 2.45) is 5.92 Å². The number of nitrogens with one attached hydrogen (secondary N) is 2. The maximum absolute atomic E-state index is 13.2. The molecule has 3 aliphatic rings. The first-order valence-corrected chi connectivity index (χ1v) is 12.9. The van der Waals surface area contributed by atoms with Crippen LogP contribution in [0.25, 0.3) is 0 Å². The van der Waals surface area contributed by atoms with Crippen LogP contribution in [-0.2, 0) is 32.6 Å². The zero-order chi connectivity index (χ0) is 23.7. The lowest BCUT2D eigenvalue weighted by Crippen LogP contribution is -2.42. The number of rotatable bonds is 5. The maximum Gasteiger partial charge on any atom is 0.243 e. The summed E-state index contributed by atoms with van der Waals surface area (Å²) in [7, 11) is -3.67. The monoisotopic (exact) mass is 485 g/mol. The van der Waals surface area contributed by atoms with Gasteiger partial charge in [-0.25, -0.2) is 8.42 Å². The summed E-state index contributed by atoms with van der Waals surface area (Å²) in [5.41, 5.74) is 2.43. The van der Waals surface area contributed by atoms with Gasteiger partial charge in [0, 0.05) is 37.7 Å². The summed E-state index contributed by atoms with van der Waals surface area (Å²) in [5, 5.41) is 5.78. The van der Waals surface area contributed by atoms with E-state index in [1.54, 1.807) is 18.2 Å². The smallest absolute Gasteiger partial charge is 0.243 e. The van der Waals surface area contributed by atoms with Crippen LogP contribution in [0.5, 0.6) is 11.5 Å². The summed E-state index contributed by atoms with van der Waals surface area (Å²) in [6, 6.07) is 10.4. The van der Waals surface area contributed by atoms with Gasteiger partial charge in [-0.1, -0.05) is 6.07 Å². The van der Waals surface area contributed by atoms with Crippen LogP contribution in [0.3, 0.4) is 0 Å². The van der Waals surface area contributed by atoms with Crippen LogP contribution >= 0.6 is 0 Å². The minimum absolute atomic E-state index is 0.0479. The third kappa shape index (κ3) is 4.60. The largest absolute Gasteiger partial charge is 0.454 e. The van der Waals surface area contributed by atoms with Crippen molar-refractivity contribution in [2.45, 2.75) is 43.5 Å². The van der Waals surface area contributed by atoms with Crippen molar-refractivity contribution < 1.29 is 27.5 Å². The molecule has 2 N–H and O–H groups in total. The summed E-state index contributed by atoms with van der Waals surface area (Å²) >= 11 is 0. The van der Waals surface area contributed by atoms with Gasteiger partial charge in [0.2, 0.25) is 28.6 Å². The summed E-state index contributed by atoms with van der Waals surface area (Å²) in [4.78, 5) is 24.7. The van der Waals surface area contributed by atoms with Crippen LogP contribution in [0, 0.1) is 5.92 Å². The molecule has 0 bridgehead atoms. The van der Waals surface area contributed by atoms with Crippen LogP contribution in [-0.4, -0.2) is 44.4 Å². The van der Waals surface area contributed by atoms with Gasteiger partial charge in [-0.15, -0.1) is 0 Å². The molecule has 2 amide bonds. The number of amides is 2. The average Bonchev–Trinajstić information content (AvgIpc) is 3.23. The van der Waals surface area contributed by atoms with E-state index in [4.69, 9.17) is 9.47 Å². The molecule has 5 rings (SSSR count).